The van der Waals surface area contributed by atoms with E-state index in [0.717, 1.165) is 16.7 Å². The largest absolute Gasteiger partial charge is 0.309 e. The maximum absolute atomic E-state index is 14.1. The molecule has 0 radical (unpaired) electrons. The van der Waals surface area contributed by atoms with Crippen molar-refractivity contribution in [2.75, 3.05) is 6.54 Å². The molecule has 2 aromatic carbocycles. The van der Waals surface area contributed by atoms with Crippen LogP contribution in [0.1, 0.15) is 32.5 Å². The minimum Gasteiger partial charge on any atom is -0.309 e. The molecule has 1 atom stereocenters. The molecule has 0 spiro atoms. The fourth-order valence-electron chi connectivity index (χ4n) is 2.03. The van der Waals surface area contributed by atoms with Crippen molar-refractivity contribution in [3.05, 3.63) is 60.2 Å². The lowest BCUT2D eigenvalue weighted by Crippen LogP contribution is -2.37. The summed E-state index contributed by atoms with van der Waals surface area (Å²) in [4.78, 5) is 0. The van der Waals surface area contributed by atoms with Crippen LogP contribution >= 0.6 is 0 Å². The molecule has 0 fully saturated rings. The number of halogens is 1. The molecule has 2 heteroatoms. The van der Waals surface area contributed by atoms with Gasteiger partial charge in [0.1, 0.15) is 6.17 Å². The highest BCUT2D eigenvalue weighted by Crippen LogP contribution is 2.23. The van der Waals surface area contributed by atoms with Crippen LogP contribution in [0, 0.1) is 0 Å². The van der Waals surface area contributed by atoms with Gasteiger partial charge in [-0.1, -0.05) is 54.6 Å². The molecule has 0 amide bonds. The van der Waals surface area contributed by atoms with Crippen molar-refractivity contribution >= 4 is 0 Å². The molecule has 1 N–H and O–H groups in total. The van der Waals surface area contributed by atoms with Gasteiger partial charge in [-0.2, -0.15) is 0 Å². The van der Waals surface area contributed by atoms with Crippen LogP contribution in [0.3, 0.4) is 0 Å². The first-order valence-corrected chi connectivity index (χ1v) is 7.00. The summed E-state index contributed by atoms with van der Waals surface area (Å²) < 4.78 is 14.1. The lowest BCUT2D eigenvalue weighted by Gasteiger charge is -2.22. The van der Waals surface area contributed by atoms with E-state index in [1.807, 2.05) is 63.2 Å². The van der Waals surface area contributed by atoms with Crippen LogP contribution in [0.4, 0.5) is 4.39 Å². The molecule has 0 aliphatic carbocycles. The van der Waals surface area contributed by atoms with Crippen LogP contribution in [-0.4, -0.2) is 12.1 Å². The summed E-state index contributed by atoms with van der Waals surface area (Å²) >= 11 is 0. The molecular weight excluding hydrogens is 249 g/mol. The fourth-order valence-corrected chi connectivity index (χ4v) is 2.03. The number of rotatable bonds is 4. The topological polar surface area (TPSA) is 12.0 Å². The average molecular weight is 271 g/mol. The molecule has 0 aliphatic heterocycles. The van der Waals surface area contributed by atoms with Gasteiger partial charge in [-0.05, 0) is 37.5 Å². The summed E-state index contributed by atoms with van der Waals surface area (Å²) in [6.07, 6.45) is -0.973. The summed E-state index contributed by atoms with van der Waals surface area (Å²) in [5.41, 5.74) is 2.93. The van der Waals surface area contributed by atoms with E-state index < -0.39 is 6.17 Å². The minimum absolute atomic E-state index is 0.0612. The maximum atomic E-state index is 14.1. The SMILES string of the molecule is CC(C)(C)NCC(F)c1ccc(-c2ccccc2)cc1. The zero-order chi connectivity index (χ0) is 14.6. The zero-order valence-corrected chi connectivity index (χ0v) is 12.4. The molecule has 0 saturated heterocycles. The van der Waals surface area contributed by atoms with Crippen molar-refractivity contribution in [1.82, 2.24) is 5.32 Å². The molecule has 2 aromatic rings. The Morgan fingerprint density at radius 1 is 0.900 bits per heavy atom. The molecule has 0 bridgehead atoms. The molecule has 0 saturated carbocycles. The summed E-state index contributed by atoms with van der Waals surface area (Å²) in [7, 11) is 0. The number of hydrogen-bond acceptors (Lipinski definition) is 1. The molecule has 0 heterocycles. The summed E-state index contributed by atoms with van der Waals surface area (Å²) in [5, 5.41) is 3.19. The Labute approximate surface area is 120 Å². The molecule has 1 nitrogen and oxygen atoms in total. The minimum atomic E-state index is -0.973. The van der Waals surface area contributed by atoms with Crippen molar-refractivity contribution in [2.45, 2.75) is 32.5 Å². The van der Waals surface area contributed by atoms with Gasteiger partial charge < -0.3 is 5.32 Å². The van der Waals surface area contributed by atoms with E-state index in [-0.39, 0.29) is 5.54 Å². The van der Waals surface area contributed by atoms with Crippen molar-refractivity contribution in [2.24, 2.45) is 0 Å². The van der Waals surface area contributed by atoms with Crippen molar-refractivity contribution in [3.8, 4) is 11.1 Å². The molecule has 106 valence electrons. The third-order valence-electron chi connectivity index (χ3n) is 3.19. The molecular formula is C18H22FN. The molecule has 0 aromatic heterocycles. The lowest BCUT2D eigenvalue weighted by molar-refractivity contribution is 0.291. The van der Waals surface area contributed by atoms with Crippen LogP contribution in [0.2, 0.25) is 0 Å². The Morgan fingerprint density at radius 3 is 2.00 bits per heavy atom. The van der Waals surface area contributed by atoms with Gasteiger partial charge in [-0.3, -0.25) is 0 Å². The Hall–Kier alpha value is -1.67. The van der Waals surface area contributed by atoms with E-state index in [1.165, 1.54) is 0 Å². The quantitative estimate of drug-likeness (QED) is 0.846. The summed E-state index contributed by atoms with van der Waals surface area (Å²) in [6.45, 7) is 6.46. The van der Waals surface area contributed by atoms with E-state index in [4.69, 9.17) is 0 Å². The van der Waals surface area contributed by atoms with Gasteiger partial charge in [-0.25, -0.2) is 4.39 Å². The molecule has 20 heavy (non-hydrogen) atoms. The van der Waals surface area contributed by atoms with Crippen LogP contribution < -0.4 is 5.32 Å². The van der Waals surface area contributed by atoms with E-state index in [1.54, 1.807) is 0 Å². The third kappa shape index (κ3) is 4.17. The number of nitrogens with one attached hydrogen (secondary N) is 1. The first-order chi connectivity index (χ1) is 9.46. The van der Waals surface area contributed by atoms with Gasteiger partial charge in [0.25, 0.3) is 0 Å². The second-order valence-corrected chi connectivity index (χ2v) is 6.09. The monoisotopic (exact) mass is 271 g/mol. The van der Waals surface area contributed by atoms with Crippen LogP contribution in [0.15, 0.2) is 54.6 Å². The van der Waals surface area contributed by atoms with Crippen molar-refractivity contribution < 1.29 is 4.39 Å². The van der Waals surface area contributed by atoms with E-state index in [0.29, 0.717) is 6.54 Å². The first-order valence-electron chi connectivity index (χ1n) is 7.00. The van der Waals surface area contributed by atoms with Crippen LogP contribution in [0.5, 0.6) is 0 Å². The number of alkyl halides is 1. The van der Waals surface area contributed by atoms with Crippen LogP contribution in [0.25, 0.3) is 11.1 Å². The smallest absolute Gasteiger partial charge is 0.138 e. The van der Waals surface area contributed by atoms with Gasteiger partial charge in [-0.15, -0.1) is 0 Å². The Balaban J connectivity index is 2.05. The van der Waals surface area contributed by atoms with E-state index in [2.05, 4.69) is 17.4 Å². The summed E-state index contributed by atoms with van der Waals surface area (Å²) in [6, 6.07) is 17.8. The Kier molecular flexibility index (Phi) is 4.56. The molecule has 0 aliphatic rings. The zero-order valence-electron chi connectivity index (χ0n) is 12.4. The second kappa shape index (κ2) is 6.19. The van der Waals surface area contributed by atoms with Crippen molar-refractivity contribution in [3.63, 3.8) is 0 Å². The number of benzene rings is 2. The predicted molar refractivity (Wildman–Crippen MR) is 83.5 cm³/mol. The van der Waals surface area contributed by atoms with Gasteiger partial charge >= 0.3 is 0 Å². The lowest BCUT2D eigenvalue weighted by atomic mass is 10.0. The van der Waals surface area contributed by atoms with Crippen molar-refractivity contribution in [1.29, 1.82) is 0 Å². The summed E-state index contributed by atoms with van der Waals surface area (Å²) in [5.74, 6) is 0. The number of hydrogen-bond donors (Lipinski definition) is 1. The van der Waals surface area contributed by atoms with Gasteiger partial charge in [0.2, 0.25) is 0 Å². The molecule has 2 rings (SSSR count). The second-order valence-electron chi connectivity index (χ2n) is 6.09. The normalized spacial score (nSPS) is 13.2. The molecule has 1 unspecified atom stereocenters. The van der Waals surface area contributed by atoms with Gasteiger partial charge in [0.15, 0.2) is 0 Å². The predicted octanol–water partition coefficient (Wildman–Crippen LogP) is 4.75. The average Bonchev–Trinajstić information content (AvgIpc) is 2.45. The van der Waals surface area contributed by atoms with Gasteiger partial charge in [0.05, 0.1) is 0 Å². The first kappa shape index (κ1) is 14.7. The Bertz CT molecular complexity index is 526. The standard InChI is InChI=1S/C18H22FN/c1-18(2,3)20-13-17(19)16-11-9-15(10-12-16)14-7-5-4-6-8-14/h4-12,17,20H,13H2,1-3H3. The maximum Gasteiger partial charge on any atom is 0.138 e. The van der Waals surface area contributed by atoms with Crippen LogP contribution in [-0.2, 0) is 0 Å². The van der Waals surface area contributed by atoms with E-state index >= 15 is 0 Å². The van der Waals surface area contributed by atoms with E-state index in [9.17, 15) is 4.39 Å². The third-order valence-corrected chi connectivity index (χ3v) is 3.19. The fraction of sp³-hybridized carbons (Fsp3) is 0.333. The highest BCUT2D eigenvalue weighted by atomic mass is 19.1. The Morgan fingerprint density at radius 2 is 1.45 bits per heavy atom. The van der Waals surface area contributed by atoms with Gasteiger partial charge in [0, 0.05) is 12.1 Å². The highest BCUT2D eigenvalue weighted by Gasteiger charge is 2.14. The highest BCUT2D eigenvalue weighted by molar-refractivity contribution is 5.63.